The number of amides is 1. The highest BCUT2D eigenvalue weighted by atomic mass is 32.1. The number of rotatable bonds is 9. The van der Waals surface area contributed by atoms with Gasteiger partial charge in [-0.25, -0.2) is 4.79 Å². The van der Waals surface area contributed by atoms with E-state index in [0.717, 1.165) is 28.3 Å². The number of hydrogen-bond donors (Lipinski definition) is 2. The molecule has 0 unspecified atom stereocenters. The number of benzene rings is 2. The van der Waals surface area contributed by atoms with Gasteiger partial charge in [0.1, 0.15) is 5.75 Å². The summed E-state index contributed by atoms with van der Waals surface area (Å²) in [6.45, 7) is 4.52. The van der Waals surface area contributed by atoms with Crippen LogP contribution in [-0.2, 0) is 9.53 Å². The molecule has 1 aliphatic heterocycles. The Balaban J connectivity index is 1.46. The normalized spacial score (nSPS) is 16.2. The van der Waals surface area contributed by atoms with E-state index in [4.69, 9.17) is 21.7 Å². The van der Waals surface area contributed by atoms with Gasteiger partial charge in [-0.15, -0.1) is 0 Å². The number of thiocarbonyl (C=S) groups is 1. The second-order valence-corrected chi connectivity index (χ2v) is 10.4. The summed E-state index contributed by atoms with van der Waals surface area (Å²) in [6, 6.07) is 22.2. The number of hydrogen-bond acceptors (Lipinski definition) is 6. The van der Waals surface area contributed by atoms with E-state index in [2.05, 4.69) is 38.1 Å². The quantitative estimate of drug-likeness (QED) is 0.203. The van der Waals surface area contributed by atoms with Crippen LogP contribution in [0, 0.1) is 13.8 Å². The summed E-state index contributed by atoms with van der Waals surface area (Å²) in [5.74, 6) is 0.0835. The number of pyridine rings is 1. The Morgan fingerprint density at radius 3 is 2.45 bits per heavy atom. The number of carbonyl (C=O) groups is 2. The predicted octanol–water partition coefficient (Wildman–Crippen LogP) is 5.29. The van der Waals surface area contributed by atoms with Crippen LogP contribution in [0.2, 0.25) is 0 Å². The second kappa shape index (κ2) is 12.4. The highest BCUT2D eigenvalue weighted by molar-refractivity contribution is 7.80. The van der Waals surface area contributed by atoms with Crippen LogP contribution in [0.3, 0.4) is 0 Å². The van der Waals surface area contributed by atoms with Crippen LogP contribution in [-0.4, -0.2) is 52.2 Å². The molecule has 42 heavy (non-hydrogen) atoms. The Bertz CT molecular complexity index is 1600. The first-order valence-corrected chi connectivity index (χ1v) is 14.0. The van der Waals surface area contributed by atoms with Gasteiger partial charge < -0.3 is 29.6 Å². The fourth-order valence-corrected chi connectivity index (χ4v) is 5.85. The topological polar surface area (TPSA) is 97.7 Å². The molecule has 9 nitrogen and oxygen atoms in total. The fraction of sp³-hybridized carbons (Fsp3) is 0.250. The number of methoxy groups -OCH3 is 2. The lowest BCUT2D eigenvalue weighted by molar-refractivity contribution is -0.116. The first-order valence-electron chi connectivity index (χ1n) is 13.6. The number of nitrogens with zero attached hydrogens (tertiary/aromatic N) is 3. The van der Waals surface area contributed by atoms with Gasteiger partial charge in [-0.1, -0.05) is 18.2 Å². The molecule has 2 N–H and O–H groups in total. The molecule has 0 saturated carbocycles. The number of carbonyl (C=O) groups excluding carboxylic acids is 2. The molecular formula is C32H33N5O4S. The molecule has 5 rings (SSSR count). The fourth-order valence-electron chi connectivity index (χ4n) is 5.52. The third kappa shape index (κ3) is 5.71. The Kier molecular flexibility index (Phi) is 8.53. The molecule has 1 aliphatic rings. The second-order valence-electron chi connectivity index (χ2n) is 10.0. The van der Waals surface area contributed by atoms with Crippen molar-refractivity contribution in [3.63, 3.8) is 0 Å². The maximum absolute atomic E-state index is 13.0. The van der Waals surface area contributed by atoms with Gasteiger partial charge in [0.2, 0.25) is 5.91 Å². The molecule has 0 spiro atoms. The van der Waals surface area contributed by atoms with Gasteiger partial charge in [-0.05, 0) is 86.2 Å². The first kappa shape index (κ1) is 28.8. The van der Waals surface area contributed by atoms with E-state index >= 15 is 0 Å². The van der Waals surface area contributed by atoms with E-state index < -0.39 is 0 Å². The zero-order chi connectivity index (χ0) is 29.8. The maximum Gasteiger partial charge on any atom is 0.337 e. The van der Waals surface area contributed by atoms with Gasteiger partial charge in [-0.2, -0.15) is 0 Å². The lowest BCUT2D eigenvalue weighted by Crippen LogP contribution is -2.33. The summed E-state index contributed by atoms with van der Waals surface area (Å²) >= 11 is 5.83. The molecule has 1 fully saturated rings. The average molecular weight is 584 g/mol. The van der Waals surface area contributed by atoms with E-state index in [0.29, 0.717) is 28.7 Å². The van der Waals surface area contributed by atoms with Gasteiger partial charge in [-0.3, -0.25) is 9.78 Å². The molecule has 0 bridgehead atoms. The monoisotopic (exact) mass is 583 g/mol. The molecule has 3 heterocycles. The van der Waals surface area contributed by atoms with Crippen LogP contribution < -0.4 is 15.4 Å². The molecule has 2 aromatic carbocycles. The van der Waals surface area contributed by atoms with Crippen molar-refractivity contribution in [2.45, 2.75) is 32.4 Å². The van der Waals surface area contributed by atoms with Crippen LogP contribution in [0.5, 0.6) is 5.75 Å². The van der Waals surface area contributed by atoms with E-state index in [1.807, 2.05) is 55.5 Å². The van der Waals surface area contributed by atoms with Gasteiger partial charge in [0.15, 0.2) is 5.11 Å². The summed E-state index contributed by atoms with van der Waals surface area (Å²) in [5.41, 5.74) is 6.02. The highest BCUT2D eigenvalue weighted by Gasteiger charge is 2.41. The number of aromatic nitrogens is 2. The number of esters is 1. The minimum Gasteiger partial charge on any atom is -0.495 e. The first-order chi connectivity index (χ1) is 20.3. The molecule has 2 aromatic heterocycles. The number of ether oxygens (including phenoxy) is 2. The van der Waals surface area contributed by atoms with E-state index in [-0.39, 0.29) is 30.4 Å². The highest BCUT2D eigenvalue weighted by Crippen LogP contribution is 2.41. The van der Waals surface area contributed by atoms with E-state index in [9.17, 15) is 9.59 Å². The Hall–Kier alpha value is -4.70. The lowest BCUT2D eigenvalue weighted by Gasteiger charge is -2.28. The summed E-state index contributed by atoms with van der Waals surface area (Å²) in [6.07, 6.45) is 1.99. The van der Waals surface area contributed by atoms with Crippen molar-refractivity contribution in [2.24, 2.45) is 0 Å². The Labute approximate surface area is 250 Å². The zero-order valence-electron chi connectivity index (χ0n) is 24.0. The van der Waals surface area contributed by atoms with Gasteiger partial charge >= 0.3 is 5.97 Å². The van der Waals surface area contributed by atoms with Gasteiger partial charge in [0.25, 0.3) is 0 Å². The third-order valence-corrected chi connectivity index (χ3v) is 7.85. The van der Waals surface area contributed by atoms with Crippen molar-refractivity contribution in [1.82, 2.24) is 19.8 Å². The van der Waals surface area contributed by atoms with Crippen LogP contribution in [0.4, 0.5) is 5.69 Å². The van der Waals surface area contributed by atoms with E-state index in [1.165, 1.54) is 7.11 Å². The number of para-hydroxylation sites is 2. The summed E-state index contributed by atoms with van der Waals surface area (Å²) in [7, 11) is 2.94. The summed E-state index contributed by atoms with van der Waals surface area (Å²) < 4.78 is 12.4. The van der Waals surface area contributed by atoms with Crippen molar-refractivity contribution >= 4 is 34.9 Å². The standard InChI is InChI=1S/C32H33N5O4S/c1-20-19-24(21(2)37(20)23-14-12-22(13-15-23)31(39)41-4)30-29(26-10-7-8-17-33-26)35-32(42)36(30)18-16-28(38)34-25-9-5-6-11-27(25)40-3/h5-15,17,19,29-30H,16,18H2,1-4H3,(H,34,38)(H,35,42)/t29-,30-/m0/s1. The Morgan fingerprint density at radius 2 is 1.76 bits per heavy atom. The molecule has 4 aromatic rings. The van der Waals surface area contributed by atoms with Crippen LogP contribution in [0.25, 0.3) is 5.69 Å². The minimum atomic E-state index is -0.377. The summed E-state index contributed by atoms with van der Waals surface area (Å²) in [5, 5.41) is 6.98. The molecule has 0 aliphatic carbocycles. The molecule has 1 amide bonds. The summed E-state index contributed by atoms with van der Waals surface area (Å²) in [4.78, 5) is 31.7. The smallest absolute Gasteiger partial charge is 0.337 e. The SMILES string of the molecule is COC(=O)c1ccc(-n2c(C)cc([C@H]3[C@H](c4ccccn4)NC(=S)N3CCC(=O)Nc3ccccc3OC)c2C)cc1. The van der Waals surface area contributed by atoms with Crippen molar-refractivity contribution < 1.29 is 19.1 Å². The molecule has 2 atom stereocenters. The van der Waals surface area contributed by atoms with Crippen molar-refractivity contribution in [3.8, 4) is 11.4 Å². The number of nitrogens with one attached hydrogen (secondary N) is 2. The van der Waals surface area contributed by atoms with Crippen LogP contribution >= 0.6 is 12.2 Å². The zero-order valence-corrected chi connectivity index (χ0v) is 24.8. The lowest BCUT2D eigenvalue weighted by atomic mass is 9.96. The molecule has 10 heteroatoms. The van der Waals surface area contributed by atoms with Crippen LogP contribution in [0.1, 0.15) is 51.5 Å². The molecule has 216 valence electrons. The molecule has 0 radical (unpaired) electrons. The minimum absolute atomic E-state index is 0.140. The average Bonchev–Trinajstić information content (AvgIpc) is 3.50. The van der Waals surface area contributed by atoms with Crippen LogP contribution in [0.15, 0.2) is 79.0 Å². The van der Waals surface area contributed by atoms with Crippen molar-refractivity contribution in [3.05, 3.63) is 107 Å². The van der Waals surface area contributed by atoms with Crippen molar-refractivity contribution in [1.29, 1.82) is 0 Å². The van der Waals surface area contributed by atoms with Gasteiger partial charge in [0.05, 0.1) is 43.2 Å². The van der Waals surface area contributed by atoms with E-state index in [1.54, 1.807) is 31.5 Å². The number of anilines is 1. The largest absolute Gasteiger partial charge is 0.495 e. The Morgan fingerprint density at radius 1 is 1.02 bits per heavy atom. The number of aryl methyl sites for hydroxylation is 1. The van der Waals surface area contributed by atoms with Gasteiger partial charge in [0, 0.05) is 36.2 Å². The van der Waals surface area contributed by atoms with Crippen molar-refractivity contribution in [2.75, 3.05) is 26.1 Å². The third-order valence-electron chi connectivity index (χ3n) is 7.49. The molecular weight excluding hydrogens is 550 g/mol. The predicted molar refractivity (Wildman–Crippen MR) is 165 cm³/mol. The maximum atomic E-state index is 13.0. The molecule has 1 saturated heterocycles.